The van der Waals surface area contributed by atoms with Gasteiger partial charge in [0.2, 0.25) is 0 Å². The summed E-state index contributed by atoms with van der Waals surface area (Å²) in [5.74, 6) is -0.612. The Morgan fingerprint density at radius 3 is 2.14 bits per heavy atom. The van der Waals surface area contributed by atoms with Gasteiger partial charge in [0, 0.05) is 12.6 Å². The molecule has 0 radical (unpaired) electrons. The molecule has 0 atom stereocenters. The number of rotatable bonds is 2. The van der Waals surface area contributed by atoms with Crippen molar-refractivity contribution in [3.8, 4) is 11.3 Å². The van der Waals surface area contributed by atoms with Crippen LogP contribution in [0.5, 0.6) is 0 Å². The smallest absolute Gasteiger partial charge is 0.324 e. The minimum absolute atomic E-state index is 0.0505. The summed E-state index contributed by atoms with van der Waals surface area (Å²) in [6.07, 6.45) is -9.78. The molecule has 1 aromatic heterocycles. The van der Waals surface area contributed by atoms with Crippen LogP contribution in [0.15, 0.2) is 24.3 Å². The van der Waals surface area contributed by atoms with E-state index in [1.54, 1.807) is 0 Å². The van der Waals surface area contributed by atoms with Crippen LogP contribution >= 0.6 is 0 Å². The molecule has 2 rings (SSSR count). The normalized spacial score (nSPS) is 12.5. The SMILES string of the molecule is Cn1c(C=O)nc(C(F)(F)F)c1-c1ccccc1C(F)(F)F. The molecule has 3 nitrogen and oxygen atoms in total. The zero-order chi connectivity index (χ0) is 16.7. The van der Waals surface area contributed by atoms with Gasteiger partial charge in [0.05, 0.1) is 11.3 Å². The molecule has 0 fully saturated rings. The van der Waals surface area contributed by atoms with E-state index in [4.69, 9.17) is 0 Å². The summed E-state index contributed by atoms with van der Waals surface area (Å²) in [4.78, 5) is 13.9. The van der Waals surface area contributed by atoms with E-state index in [-0.39, 0.29) is 6.29 Å². The van der Waals surface area contributed by atoms with Crippen LogP contribution in [-0.4, -0.2) is 15.8 Å². The van der Waals surface area contributed by atoms with E-state index in [9.17, 15) is 31.1 Å². The van der Waals surface area contributed by atoms with Gasteiger partial charge in [-0.05, 0) is 6.07 Å². The van der Waals surface area contributed by atoms with E-state index in [1.165, 1.54) is 6.07 Å². The Balaban J connectivity index is 2.84. The van der Waals surface area contributed by atoms with Crippen LogP contribution in [-0.2, 0) is 19.4 Å². The van der Waals surface area contributed by atoms with Gasteiger partial charge < -0.3 is 4.57 Å². The molecule has 0 saturated carbocycles. The number of hydrogen-bond donors (Lipinski definition) is 0. The molecule has 118 valence electrons. The highest BCUT2D eigenvalue weighted by Crippen LogP contribution is 2.42. The highest BCUT2D eigenvalue weighted by Gasteiger charge is 2.42. The number of benzene rings is 1. The molecule has 0 bridgehead atoms. The van der Waals surface area contributed by atoms with E-state index in [0.29, 0.717) is 10.6 Å². The number of aromatic nitrogens is 2. The van der Waals surface area contributed by atoms with E-state index in [2.05, 4.69) is 4.98 Å². The average molecular weight is 322 g/mol. The molecule has 0 aliphatic rings. The molecule has 0 aliphatic carbocycles. The topological polar surface area (TPSA) is 34.9 Å². The van der Waals surface area contributed by atoms with Crippen LogP contribution in [0.25, 0.3) is 11.3 Å². The second-order valence-corrected chi connectivity index (χ2v) is 4.39. The molecule has 1 aromatic carbocycles. The Morgan fingerprint density at radius 1 is 1.05 bits per heavy atom. The summed E-state index contributed by atoms with van der Waals surface area (Å²) in [6.45, 7) is 0. The first-order valence-electron chi connectivity index (χ1n) is 5.83. The third kappa shape index (κ3) is 2.70. The van der Waals surface area contributed by atoms with E-state index >= 15 is 0 Å². The third-order valence-electron chi connectivity index (χ3n) is 2.99. The number of nitrogens with zero attached hydrogens (tertiary/aromatic N) is 2. The largest absolute Gasteiger partial charge is 0.435 e. The van der Waals surface area contributed by atoms with Crippen molar-refractivity contribution in [1.82, 2.24) is 9.55 Å². The van der Waals surface area contributed by atoms with E-state index in [0.717, 1.165) is 19.2 Å². The summed E-state index contributed by atoms with van der Waals surface area (Å²) < 4.78 is 78.8. The lowest BCUT2D eigenvalue weighted by atomic mass is 10.0. The third-order valence-corrected chi connectivity index (χ3v) is 2.99. The Labute approximate surface area is 120 Å². The van der Waals surface area contributed by atoms with Gasteiger partial charge in [-0.25, -0.2) is 4.98 Å². The van der Waals surface area contributed by atoms with Crippen molar-refractivity contribution in [2.45, 2.75) is 12.4 Å². The fourth-order valence-electron chi connectivity index (χ4n) is 2.06. The van der Waals surface area contributed by atoms with Crippen molar-refractivity contribution >= 4 is 6.29 Å². The van der Waals surface area contributed by atoms with Crippen LogP contribution in [0.2, 0.25) is 0 Å². The number of aldehydes is 1. The van der Waals surface area contributed by atoms with Crippen LogP contribution in [0.3, 0.4) is 0 Å². The molecule has 0 aliphatic heterocycles. The molecule has 0 spiro atoms. The summed E-state index contributed by atoms with van der Waals surface area (Å²) >= 11 is 0. The molecular formula is C13H8F6N2O. The number of imidazole rings is 1. The highest BCUT2D eigenvalue weighted by atomic mass is 19.4. The van der Waals surface area contributed by atoms with E-state index < -0.39 is 40.7 Å². The second kappa shape index (κ2) is 5.15. The van der Waals surface area contributed by atoms with Gasteiger partial charge in [-0.3, -0.25) is 4.79 Å². The second-order valence-electron chi connectivity index (χ2n) is 4.39. The number of hydrogen-bond acceptors (Lipinski definition) is 2. The van der Waals surface area contributed by atoms with Crippen molar-refractivity contribution in [2.24, 2.45) is 7.05 Å². The maximum atomic E-state index is 13.0. The van der Waals surface area contributed by atoms with Gasteiger partial charge in [-0.1, -0.05) is 18.2 Å². The maximum absolute atomic E-state index is 13.0. The van der Waals surface area contributed by atoms with Gasteiger partial charge in [-0.2, -0.15) is 26.3 Å². The molecule has 0 saturated heterocycles. The fraction of sp³-hybridized carbons (Fsp3) is 0.231. The molecule has 0 amide bonds. The van der Waals surface area contributed by atoms with E-state index in [1.807, 2.05) is 0 Å². The quantitative estimate of drug-likeness (QED) is 0.620. The minimum Gasteiger partial charge on any atom is -0.324 e. The predicted octanol–water partition coefficient (Wildman–Crippen LogP) is 3.94. The van der Waals surface area contributed by atoms with Gasteiger partial charge >= 0.3 is 12.4 Å². The van der Waals surface area contributed by atoms with Crippen molar-refractivity contribution in [2.75, 3.05) is 0 Å². The van der Waals surface area contributed by atoms with Crippen LogP contribution < -0.4 is 0 Å². The Hall–Kier alpha value is -2.32. The lowest BCUT2D eigenvalue weighted by Gasteiger charge is -2.15. The van der Waals surface area contributed by atoms with Crippen molar-refractivity contribution in [1.29, 1.82) is 0 Å². The lowest BCUT2D eigenvalue weighted by Crippen LogP contribution is -2.12. The monoisotopic (exact) mass is 322 g/mol. The van der Waals surface area contributed by atoms with Crippen LogP contribution in [0.1, 0.15) is 21.9 Å². The number of halogens is 6. The standard InChI is InChI=1S/C13H8F6N2O/c1-21-9(6-22)20-11(13(17,18)19)10(21)7-4-2-3-5-8(7)12(14,15)16/h2-6H,1H3. The molecule has 1 heterocycles. The summed E-state index contributed by atoms with van der Waals surface area (Å²) in [5.41, 5.74) is -4.26. The molecule has 0 unspecified atom stereocenters. The van der Waals surface area contributed by atoms with Gasteiger partial charge in [-0.15, -0.1) is 0 Å². The Morgan fingerprint density at radius 2 is 1.64 bits per heavy atom. The van der Waals surface area contributed by atoms with Crippen molar-refractivity contribution in [3.05, 3.63) is 41.3 Å². The van der Waals surface area contributed by atoms with Gasteiger partial charge in [0.1, 0.15) is 0 Å². The highest BCUT2D eigenvalue weighted by molar-refractivity contribution is 5.76. The zero-order valence-electron chi connectivity index (χ0n) is 11.0. The summed E-state index contributed by atoms with van der Waals surface area (Å²) in [7, 11) is 1.05. The zero-order valence-corrected chi connectivity index (χ0v) is 11.0. The van der Waals surface area contributed by atoms with Gasteiger partial charge in [0.15, 0.2) is 17.8 Å². The van der Waals surface area contributed by atoms with Crippen LogP contribution in [0.4, 0.5) is 26.3 Å². The summed E-state index contributed by atoms with van der Waals surface area (Å²) in [6, 6.07) is 3.82. The Bertz CT molecular complexity index is 714. The molecule has 0 N–H and O–H groups in total. The van der Waals surface area contributed by atoms with Crippen molar-refractivity contribution < 1.29 is 31.1 Å². The molecule has 2 aromatic rings. The van der Waals surface area contributed by atoms with Crippen LogP contribution in [0, 0.1) is 0 Å². The summed E-state index contributed by atoms with van der Waals surface area (Å²) in [5, 5.41) is 0. The first-order chi connectivity index (χ1) is 10.1. The fourth-order valence-corrected chi connectivity index (χ4v) is 2.06. The first-order valence-corrected chi connectivity index (χ1v) is 5.83. The predicted molar refractivity (Wildman–Crippen MR) is 64.0 cm³/mol. The number of carbonyl (C=O) groups excluding carboxylic acids is 1. The molecule has 22 heavy (non-hydrogen) atoms. The number of carbonyl (C=O) groups is 1. The minimum atomic E-state index is -4.99. The molecular weight excluding hydrogens is 314 g/mol. The average Bonchev–Trinajstić information content (AvgIpc) is 2.74. The lowest BCUT2D eigenvalue weighted by molar-refractivity contribution is -0.141. The van der Waals surface area contributed by atoms with Gasteiger partial charge in [0.25, 0.3) is 0 Å². The van der Waals surface area contributed by atoms with Crippen molar-refractivity contribution in [3.63, 3.8) is 0 Å². The first kappa shape index (κ1) is 16.1. The molecule has 9 heteroatoms. The Kier molecular flexibility index (Phi) is 3.76. The number of alkyl halides is 6. The maximum Gasteiger partial charge on any atom is 0.435 e.